The van der Waals surface area contributed by atoms with Gasteiger partial charge in [-0.3, -0.25) is 9.59 Å². The van der Waals surface area contributed by atoms with Crippen molar-refractivity contribution in [2.45, 2.75) is 25.1 Å². The van der Waals surface area contributed by atoms with Crippen molar-refractivity contribution in [3.8, 4) is 0 Å². The van der Waals surface area contributed by atoms with Crippen molar-refractivity contribution in [3.05, 3.63) is 28.7 Å². The van der Waals surface area contributed by atoms with Crippen LogP contribution in [0, 0.1) is 0 Å². The molecule has 1 aromatic heterocycles. The molecule has 0 spiro atoms. The Labute approximate surface area is 111 Å². The Morgan fingerprint density at radius 2 is 2.28 bits per heavy atom. The molecule has 1 amide bonds. The van der Waals surface area contributed by atoms with E-state index in [-0.39, 0.29) is 18.0 Å². The highest BCUT2D eigenvalue weighted by atomic mass is 32.2. The van der Waals surface area contributed by atoms with Gasteiger partial charge in [-0.1, -0.05) is 6.92 Å². The van der Waals surface area contributed by atoms with Gasteiger partial charge in [0.25, 0.3) is 5.56 Å². The summed E-state index contributed by atoms with van der Waals surface area (Å²) in [5, 5.41) is 3.30. The molecule has 0 bridgehead atoms. The SMILES string of the molecule is CSC(C)CCNC(=O)Cn1cc(N)ccc1=O. The highest BCUT2D eigenvalue weighted by Crippen LogP contribution is 2.07. The number of amides is 1. The van der Waals surface area contributed by atoms with E-state index in [0.29, 0.717) is 17.5 Å². The Balaban J connectivity index is 2.45. The molecule has 1 heterocycles. The van der Waals surface area contributed by atoms with E-state index in [1.165, 1.54) is 22.9 Å². The van der Waals surface area contributed by atoms with E-state index in [0.717, 1.165) is 6.42 Å². The van der Waals surface area contributed by atoms with E-state index in [2.05, 4.69) is 12.2 Å². The molecule has 1 atom stereocenters. The quantitative estimate of drug-likeness (QED) is 0.796. The smallest absolute Gasteiger partial charge is 0.251 e. The first-order valence-corrected chi connectivity index (χ1v) is 7.07. The molecule has 0 aliphatic carbocycles. The molecule has 18 heavy (non-hydrogen) atoms. The number of nitrogen functional groups attached to an aromatic ring is 1. The fourth-order valence-corrected chi connectivity index (χ4v) is 1.77. The second-order valence-corrected chi connectivity index (χ2v) is 5.39. The lowest BCUT2D eigenvalue weighted by atomic mass is 10.3. The number of aromatic nitrogens is 1. The maximum atomic E-state index is 11.6. The van der Waals surface area contributed by atoms with Gasteiger partial charge in [-0.05, 0) is 18.7 Å². The van der Waals surface area contributed by atoms with Crippen LogP contribution < -0.4 is 16.6 Å². The van der Waals surface area contributed by atoms with Crippen molar-refractivity contribution in [2.24, 2.45) is 0 Å². The predicted octanol–water partition coefficient (Wildman–Crippen LogP) is 0.688. The molecule has 1 rings (SSSR count). The van der Waals surface area contributed by atoms with Crippen molar-refractivity contribution in [1.29, 1.82) is 0 Å². The molecule has 0 aliphatic heterocycles. The summed E-state index contributed by atoms with van der Waals surface area (Å²) >= 11 is 1.76. The molecule has 1 unspecified atom stereocenters. The third-order valence-electron chi connectivity index (χ3n) is 2.60. The first-order valence-electron chi connectivity index (χ1n) is 5.78. The van der Waals surface area contributed by atoms with Crippen molar-refractivity contribution in [2.75, 3.05) is 18.5 Å². The van der Waals surface area contributed by atoms with Crippen LogP contribution in [-0.2, 0) is 11.3 Å². The molecular formula is C12H19N3O2S. The number of hydrogen-bond donors (Lipinski definition) is 2. The lowest BCUT2D eigenvalue weighted by molar-refractivity contribution is -0.121. The van der Waals surface area contributed by atoms with Gasteiger partial charge in [0.1, 0.15) is 6.54 Å². The molecule has 0 aliphatic rings. The fourth-order valence-electron chi connectivity index (χ4n) is 1.42. The van der Waals surface area contributed by atoms with E-state index in [1.54, 1.807) is 11.8 Å². The van der Waals surface area contributed by atoms with Crippen molar-refractivity contribution < 1.29 is 4.79 Å². The standard InChI is InChI=1S/C12H19N3O2S/c1-9(18-2)5-6-14-11(16)8-15-7-10(13)3-4-12(15)17/h3-4,7,9H,5-6,8,13H2,1-2H3,(H,14,16). The summed E-state index contributed by atoms with van der Waals surface area (Å²) in [7, 11) is 0. The lowest BCUT2D eigenvalue weighted by Gasteiger charge is -2.10. The Morgan fingerprint density at radius 1 is 1.56 bits per heavy atom. The van der Waals surface area contributed by atoms with Gasteiger partial charge in [-0.15, -0.1) is 0 Å². The number of hydrogen-bond acceptors (Lipinski definition) is 4. The number of thioether (sulfide) groups is 1. The molecule has 100 valence electrons. The maximum Gasteiger partial charge on any atom is 0.251 e. The van der Waals surface area contributed by atoms with E-state index >= 15 is 0 Å². The summed E-state index contributed by atoms with van der Waals surface area (Å²) in [6.07, 6.45) is 4.43. The lowest BCUT2D eigenvalue weighted by Crippen LogP contribution is -2.33. The molecule has 1 aromatic rings. The van der Waals surface area contributed by atoms with Crippen LogP contribution in [0.15, 0.2) is 23.1 Å². The van der Waals surface area contributed by atoms with Crippen LogP contribution in [0.5, 0.6) is 0 Å². The fraction of sp³-hybridized carbons (Fsp3) is 0.500. The normalized spacial score (nSPS) is 12.1. The molecular weight excluding hydrogens is 250 g/mol. The van der Waals surface area contributed by atoms with Crippen LogP contribution in [0.4, 0.5) is 5.69 Å². The Morgan fingerprint density at radius 3 is 2.94 bits per heavy atom. The summed E-state index contributed by atoms with van der Waals surface area (Å²) in [6, 6.07) is 2.88. The van der Waals surface area contributed by atoms with Crippen LogP contribution in [0.2, 0.25) is 0 Å². The largest absolute Gasteiger partial charge is 0.398 e. The van der Waals surface area contributed by atoms with Crippen LogP contribution in [-0.4, -0.2) is 28.5 Å². The van der Waals surface area contributed by atoms with Gasteiger partial charge < -0.3 is 15.6 Å². The van der Waals surface area contributed by atoms with Crippen molar-refractivity contribution in [1.82, 2.24) is 9.88 Å². The molecule has 0 fully saturated rings. The zero-order chi connectivity index (χ0) is 13.5. The van der Waals surface area contributed by atoms with Crippen LogP contribution >= 0.6 is 11.8 Å². The summed E-state index contributed by atoms with van der Waals surface area (Å²) in [5.74, 6) is -0.170. The molecule has 0 radical (unpaired) electrons. The highest BCUT2D eigenvalue weighted by Gasteiger charge is 2.05. The first-order chi connectivity index (χ1) is 8.52. The van der Waals surface area contributed by atoms with Gasteiger partial charge >= 0.3 is 0 Å². The minimum atomic E-state index is -0.225. The third-order valence-corrected chi connectivity index (χ3v) is 3.64. The number of carbonyl (C=O) groups excluding carboxylic acids is 1. The van der Waals surface area contributed by atoms with Gasteiger partial charge in [-0.2, -0.15) is 11.8 Å². The summed E-state index contributed by atoms with van der Waals surface area (Å²) < 4.78 is 1.31. The summed E-state index contributed by atoms with van der Waals surface area (Å²) in [4.78, 5) is 23.1. The van der Waals surface area contributed by atoms with Gasteiger partial charge in [0.15, 0.2) is 0 Å². The topological polar surface area (TPSA) is 77.1 Å². The predicted molar refractivity (Wildman–Crippen MR) is 75.7 cm³/mol. The first kappa shape index (κ1) is 14.6. The van der Waals surface area contributed by atoms with Gasteiger partial charge in [0, 0.05) is 29.7 Å². The average Bonchev–Trinajstić information content (AvgIpc) is 2.33. The molecule has 0 saturated heterocycles. The zero-order valence-corrected chi connectivity index (χ0v) is 11.5. The van der Waals surface area contributed by atoms with Crippen LogP contribution in [0.3, 0.4) is 0 Å². The third kappa shape index (κ3) is 4.83. The Kier molecular flexibility index (Phi) is 5.77. The number of anilines is 1. The summed E-state index contributed by atoms with van der Waals surface area (Å²) in [6.45, 7) is 2.74. The number of carbonyl (C=O) groups is 1. The number of pyridine rings is 1. The van der Waals surface area contributed by atoms with E-state index in [9.17, 15) is 9.59 Å². The van der Waals surface area contributed by atoms with Crippen molar-refractivity contribution in [3.63, 3.8) is 0 Å². The zero-order valence-electron chi connectivity index (χ0n) is 10.7. The maximum absolute atomic E-state index is 11.6. The second-order valence-electron chi connectivity index (χ2n) is 4.11. The molecule has 3 N–H and O–H groups in total. The molecule has 0 saturated carbocycles. The minimum absolute atomic E-state index is 0.0114. The molecule has 6 heteroatoms. The highest BCUT2D eigenvalue weighted by molar-refractivity contribution is 7.99. The van der Waals surface area contributed by atoms with Crippen LogP contribution in [0.25, 0.3) is 0 Å². The number of nitrogens with two attached hydrogens (primary N) is 1. The molecule has 5 nitrogen and oxygen atoms in total. The monoisotopic (exact) mass is 269 g/mol. The van der Waals surface area contributed by atoms with Gasteiger partial charge in [0.2, 0.25) is 5.91 Å². The average molecular weight is 269 g/mol. The van der Waals surface area contributed by atoms with Gasteiger partial charge in [-0.25, -0.2) is 0 Å². The minimum Gasteiger partial charge on any atom is -0.398 e. The van der Waals surface area contributed by atoms with Crippen LogP contribution in [0.1, 0.15) is 13.3 Å². The van der Waals surface area contributed by atoms with E-state index in [4.69, 9.17) is 5.73 Å². The number of rotatable bonds is 6. The van der Waals surface area contributed by atoms with E-state index in [1.807, 2.05) is 6.26 Å². The van der Waals surface area contributed by atoms with Gasteiger partial charge in [0.05, 0.1) is 0 Å². The Hall–Kier alpha value is -1.43. The molecule has 0 aromatic carbocycles. The second kappa shape index (κ2) is 7.10. The van der Waals surface area contributed by atoms with E-state index < -0.39 is 0 Å². The number of nitrogens with one attached hydrogen (secondary N) is 1. The Bertz CT molecular complexity index is 459. The summed E-state index contributed by atoms with van der Waals surface area (Å²) in [5.41, 5.74) is 5.81. The number of nitrogens with zero attached hydrogens (tertiary/aromatic N) is 1. The van der Waals surface area contributed by atoms with Crippen molar-refractivity contribution >= 4 is 23.4 Å².